The molecule has 3 aromatic rings. The highest BCUT2D eigenvalue weighted by Crippen LogP contribution is 2.24. The summed E-state index contributed by atoms with van der Waals surface area (Å²) in [5.41, 5.74) is 1.86. The van der Waals surface area contributed by atoms with E-state index in [2.05, 4.69) is 10.3 Å². The van der Waals surface area contributed by atoms with Crippen LogP contribution in [0.2, 0.25) is 0 Å². The molecule has 1 unspecified atom stereocenters. The maximum atomic E-state index is 12.1. The van der Waals surface area contributed by atoms with Gasteiger partial charge in [-0.25, -0.2) is 4.98 Å². The second kappa shape index (κ2) is 5.93. The second-order valence-corrected chi connectivity index (χ2v) is 6.66. The van der Waals surface area contributed by atoms with Crippen LogP contribution in [0.25, 0.3) is 10.2 Å². The first kappa shape index (κ1) is 14.2. The lowest BCUT2D eigenvalue weighted by atomic mass is 10.2. The number of hydrogen-bond donors (Lipinski definition) is 2. The van der Waals surface area contributed by atoms with E-state index in [4.69, 9.17) is 0 Å². The Bertz CT molecular complexity index is 746. The summed E-state index contributed by atoms with van der Waals surface area (Å²) in [4.78, 5) is 17.3. The minimum absolute atomic E-state index is 0.191. The van der Waals surface area contributed by atoms with E-state index in [9.17, 15) is 9.90 Å². The molecule has 2 aromatic heterocycles. The number of para-hydroxylation sites is 1. The zero-order valence-corrected chi connectivity index (χ0v) is 13.0. The molecule has 0 fully saturated rings. The molecule has 0 bridgehead atoms. The van der Waals surface area contributed by atoms with Crippen LogP contribution in [0.3, 0.4) is 0 Å². The number of carbonyl (C=O) groups excluding carboxylic acids is 1. The maximum Gasteiger partial charge on any atom is 0.280 e. The number of carbonyl (C=O) groups is 1. The number of amides is 1. The number of nitrogens with zero attached hydrogens (tertiary/aromatic N) is 1. The largest absolute Gasteiger partial charge is 0.386 e. The highest BCUT2D eigenvalue weighted by molar-refractivity contribution is 7.20. The van der Waals surface area contributed by atoms with E-state index in [1.54, 1.807) is 0 Å². The monoisotopic (exact) mass is 318 g/mol. The molecule has 3 rings (SSSR count). The molecule has 6 heteroatoms. The van der Waals surface area contributed by atoms with Crippen molar-refractivity contribution >= 4 is 38.8 Å². The lowest BCUT2D eigenvalue weighted by Gasteiger charge is -2.10. The number of fused-ring (bicyclic) bond motifs is 1. The number of hydrogen-bond acceptors (Lipinski definition) is 5. The van der Waals surface area contributed by atoms with Crippen LogP contribution in [0.1, 0.15) is 26.3 Å². The Labute approximate surface area is 130 Å². The molecule has 1 aromatic carbocycles. The molecule has 108 valence electrons. The van der Waals surface area contributed by atoms with Crippen LogP contribution >= 0.6 is 22.7 Å². The molecule has 4 nitrogen and oxygen atoms in total. The van der Waals surface area contributed by atoms with Crippen molar-refractivity contribution in [3.05, 3.63) is 51.2 Å². The predicted octanol–water partition coefficient (Wildman–Crippen LogP) is 3.13. The number of benzene rings is 1. The van der Waals surface area contributed by atoms with Crippen LogP contribution in [-0.2, 0) is 0 Å². The Morgan fingerprint density at radius 3 is 2.90 bits per heavy atom. The van der Waals surface area contributed by atoms with Crippen LogP contribution in [0.15, 0.2) is 35.7 Å². The van der Waals surface area contributed by atoms with E-state index < -0.39 is 6.10 Å². The van der Waals surface area contributed by atoms with Gasteiger partial charge in [0, 0.05) is 11.4 Å². The standard InChI is InChI=1S/C15H14N2O2S2/c1-9-6-7-20-13(9)11(18)8-16-14(19)15-17-10-4-2-3-5-12(10)21-15/h2-7,11,18H,8H2,1H3,(H,16,19). The minimum Gasteiger partial charge on any atom is -0.386 e. The van der Waals surface area contributed by atoms with Gasteiger partial charge in [0.15, 0.2) is 5.01 Å². The van der Waals surface area contributed by atoms with E-state index in [-0.39, 0.29) is 12.5 Å². The molecule has 0 spiro atoms. The van der Waals surface area contributed by atoms with Crippen molar-refractivity contribution < 1.29 is 9.90 Å². The summed E-state index contributed by atoms with van der Waals surface area (Å²) in [6.07, 6.45) is -0.677. The number of thiophene rings is 1. The number of rotatable bonds is 4. The first-order valence-electron chi connectivity index (χ1n) is 6.51. The first-order chi connectivity index (χ1) is 10.1. The van der Waals surface area contributed by atoms with Crippen LogP contribution in [-0.4, -0.2) is 22.5 Å². The van der Waals surface area contributed by atoms with Gasteiger partial charge in [-0.2, -0.15) is 0 Å². The average molecular weight is 318 g/mol. The summed E-state index contributed by atoms with van der Waals surface area (Å²) in [6.45, 7) is 2.14. The Morgan fingerprint density at radius 1 is 1.38 bits per heavy atom. The van der Waals surface area contributed by atoms with Crippen molar-refractivity contribution in [3.63, 3.8) is 0 Å². The fourth-order valence-corrected chi connectivity index (χ4v) is 3.85. The zero-order valence-electron chi connectivity index (χ0n) is 11.4. The van der Waals surface area contributed by atoms with Crippen LogP contribution < -0.4 is 5.32 Å². The summed E-state index contributed by atoms with van der Waals surface area (Å²) in [5.74, 6) is -0.246. The maximum absolute atomic E-state index is 12.1. The molecule has 1 atom stereocenters. The molecule has 1 amide bonds. The van der Waals surface area contributed by atoms with Gasteiger partial charge in [-0.1, -0.05) is 12.1 Å². The SMILES string of the molecule is Cc1ccsc1C(O)CNC(=O)c1nc2ccccc2s1. The third kappa shape index (κ3) is 2.97. The van der Waals surface area contributed by atoms with Crippen molar-refractivity contribution in [2.75, 3.05) is 6.54 Å². The van der Waals surface area contributed by atoms with Gasteiger partial charge in [-0.15, -0.1) is 22.7 Å². The van der Waals surface area contributed by atoms with E-state index in [0.29, 0.717) is 5.01 Å². The highest BCUT2D eigenvalue weighted by atomic mass is 32.1. The molecule has 0 radical (unpaired) electrons. The zero-order chi connectivity index (χ0) is 14.8. The lowest BCUT2D eigenvalue weighted by molar-refractivity contribution is 0.0917. The van der Waals surface area contributed by atoms with Gasteiger partial charge in [0.05, 0.1) is 10.2 Å². The third-order valence-corrected chi connectivity index (χ3v) is 5.30. The van der Waals surface area contributed by atoms with Crippen LogP contribution in [0.5, 0.6) is 0 Å². The Hall–Kier alpha value is -1.76. The summed E-state index contributed by atoms with van der Waals surface area (Å²) in [5, 5.41) is 15.2. The summed E-state index contributed by atoms with van der Waals surface area (Å²) >= 11 is 2.85. The normalized spacial score (nSPS) is 12.5. The Morgan fingerprint density at radius 2 is 2.19 bits per heavy atom. The van der Waals surface area contributed by atoms with Gasteiger partial charge >= 0.3 is 0 Å². The topological polar surface area (TPSA) is 62.2 Å². The molecular weight excluding hydrogens is 304 g/mol. The molecule has 0 saturated carbocycles. The minimum atomic E-state index is -0.677. The molecule has 2 heterocycles. The Balaban J connectivity index is 1.67. The van der Waals surface area contributed by atoms with Gasteiger partial charge < -0.3 is 10.4 Å². The highest BCUT2D eigenvalue weighted by Gasteiger charge is 2.16. The quantitative estimate of drug-likeness (QED) is 0.777. The first-order valence-corrected chi connectivity index (χ1v) is 8.20. The number of aromatic nitrogens is 1. The van der Waals surface area contributed by atoms with Crippen molar-refractivity contribution in [2.24, 2.45) is 0 Å². The molecule has 21 heavy (non-hydrogen) atoms. The van der Waals surface area contributed by atoms with E-state index in [0.717, 1.165) is 20.7 Å². The number of aliphatic hydroxyl groups excluding tert-OH is 1. The average Bonchev–Trinajstić information content (AvgIpc) is 3.10. The Kier molecular flexibility index (Phi) is 4.01. The molecule has 0 aliphatic rings. The fraction of sp³-hybridized carbons (Fsp3) is 0.200. The van der Waals surface area contributed by atoms with Crippen LogP contribution in [0, 0.1) is 6.92 Å². The van der Waals surface area contributed by atoms with Gasteiger partial charge in [-0.3, -0.25) is 4.79 Å². The lowest BCUT2D eigenvalue weighted by Crippen LogP contribution is -2.28. The van der Waals surface area contributed by atoms with Gasteiger partial charge in [0.2, 0.25) is 0 Å². The van der Waals surface area contributed by atoms with E-state index in [1.807, 2.05) is 42.6 Å². The number of thiazole rings is 1. The smallest absolute Gasteiger partial charge is 0.280 e. The van der Waals surface area contributed by atoms with Crippen molar-refractivity contribution in [1.29, 1.82) is 0 Å². The second-order valence-electron chi connectivity index (χ2n) is 4.68. The van der Waals surface area contributed by atoms with E-state index >= 15 is 0 Å². The number of aryl methyl sites for hydroxylation is 1. The van der Waals surface area contributed by atoms with Gasteiger partial charge in [0.25, 0.3) is 5.91 Å². The van der Waals surface area contributed by atoms with Gasteiger partial charge in [0.1, 0.15) is 6.10 Å². The van der Waals surface area contributed by atoms with Crippen molar-refractivity contribution in [1.82, 2.24) is 10.3 Å². The van der Waals surface area contributed by atoms with Crippen molar-refractivity contribution in [3.8, 4) is 0 Å². The molecule has 2 N–H and O–H groups in total. The molecular formula is C15H14N2O2S2. The summed E-state index contributed by atoms with van der Waals surface area (Å²) in [6, 6.07) is 9.59. The number of nitrogens with one attached hydrogen (secondary N) is 1. The predicted molar refractivity (Wildman–Crippen MR) is 86.0 cm³/mol. The number of aliphatic hydroxyl groups is 1. The van der Waals surface area contributed by atoms with Gasteiger partial charge in [-0.05, 0) is 36.1 Å². The summed E-state index contributed by atoms with van der Waals surface area (Å²) in [7, 11) is 0. The molecule has 0 aliphatic carbocycles. The summed E-state index contributed by atoms with van der Waals surface area (Å²) < 4.78 is 0.984. The van der Waals surface area contributed by atoms with Crippen molar-refractivity contribution in [2.45, 2.75) is 13.0 Å². The fourth-order valence-electron chi connectivity index (χ4n) is 2.05. The van der Waals surface area contributed by atoms with E-state index in [1.165, 1.54) is 22.7 Å². The molecule has 0 aliphatic heterocycles. The van der Waals surface area contributed by atoms with Crippen LogP contribution in [0.4, 0.5) is 0 Å². The molecule has 0 saturated heterocycles. The third-order valence-electron chi connectivity index (χ3n) is 3.15.